The summed E-state index contributed by atoms with van der Waals surface area (Å²) in [4.78, 5) is 11.5. The summed E-state index contributed by atoms with van der Waals surface area (Å²) in [6, 6.07) is 3.83. The number of nitrogens with zero attached hydrogens (tertiary/aromatic N) is 1. The molecule has 1 aromatic carbocycles. The first-order chi connectivity index (χ1) is 8.95. The number of esters is 1. The highest BCUT2D eigenvalue weighted by molar-refractivity contribution is 5.86. The van der Waals surface area contributed by atoms with E-state index in [4.69, 9.17) is 5.73 Å². The fraction of sp³-hybridized carbons (Fsp3) is 0.357. The second-order valence-electron chi connectivity index (χ2n) is 4.69. The van der Waals surface area contributed by atoms with Crippen molar-refractivity contribution in [1.82, 2.24) is 4.57 Å². The van der Waals surface area contributed by atoms with Crippen molar-refractivity contribution in [3.8, 4) is 0 Å². The second kappa shape index (κ2) is 5.01. The van der Waals surface area contributed by atoms with Gasteiger partial charge in [-0.25, -0.2) is 4.39 Å². The highest BCUT2D eigenvalue weighted by atomic mass is 19.1. The molecule has 0 saturated carbocycles. The SMILES string of the molecule is COC(=O)[C@H](N)[C@H](C)c1cn(C)c2ccc(F)cc12. The first-order valence-corrected chi connectivity index (χ1v) is 6.03. The molecule has 0 unspecified atom stereocenters. The molecule has 0 radical (unpaired) electrons. The Labute approximate surface area is 111 Å². The molecule has 0 aliphatic rings. The van der Waals surface area contributed by atoms with Crippen molar-refractivity contribution in [3.05, 3.63) is 35.8 Å². The molecule has 0 spiro atoms. The Kier molecular flexibility index (Phi) is 3.57. The van der Waals surface area contributed by atoms with Crippen molar-refractivity contribution >= 4 is 16.9 Å². The lowest BCUT2D eigenvalue weighted by molar-refractivity contribution is -0.142. The van der Waals surface area contributed by atoms with Gasteiger partial charge in [0.2, 0.25) is 0 Å². The molecule has 1 heterocycles. The van der Waals surface area contributed by atoms with E-state index in [1.807, 2.05) is 24.7 Å². The second-order valence-corrected chi connectivity index (χ2v) is 4.69. The van der Waals surface area contributed by atoms with Gasteiger partial charge >= 0.3 is 5.97 Å². The number of hydrogen-bond donors (Lipinski definition) is 1. The molecule has 0 fully saturated rings. The molecule has 19 heavy (non-hydrogen) atoms. The van der Waals surface area contributed by atoms with Crippen LogP contribution in [0.15, 0.2) is 24.4 Å². The number of aryl methyl sites for hydroxylation is 1. The van der Waals surface area contributed by atoms with Gasteiger partial charge in [-0.05, 0) is 23.8 Å². The van der Waals surface area contributed by atoms with E-state index in [1.165, 1.54) is 19.2 Å². The zero-order chi connectivity index (χ0) is 14.2. The number of ether oxygens (including phenoxy) is 1. The molecular formula is C14H17FN2O2. The summed E-state index contributed by atoms with van der Waals surface area (Å²) < 4.78 is 19.9. The molecule has 5 heteroatoms. The summed E-state index contributed by atoms with van der Waals surface area (Å²) in [5.41, 5.74) is 7.61. The Balaban J connectivity index is 2.50. The van der Waals surface area contributed by atoms with E-state index in [-0.39, 0.29) is 11.7 Å². The van der Waals surface area contributed by atoms with Gasteiger partial charge in [0.15, 0.2) is 0 Å². The Morgan fingerprint density at radius 2 is 2.16 bits per heavy atom. The average Bonchev–Trinajstić information content (AvgIpc) is 2.72. The van der Waals surface area contributed by atoms with Gasteiger partial charge in [-0.1, -0.05) is 6.92 Å². The Hall–Kier alpha value is -1.88. The van der Waals surface area contributed by atoms with Crippen LogP contribution in [0.1, 0.15) is 18.4 Å². The molecule has 0 amide bonds. The van der Waals surface area contributed by atoms with E-state index in [9.17, 15) is 9.18 Å². The van der Waals surface area contributed by atoms with E-state index < -0.39 is 12.0 Å². The number of aromatic nitrogens is 1. The number of rotatable bonds is 3. The summed E-state index contributed by atoms with van der Waals surface area (Å²) in [6.45, 7) is 1.83. The van der Waals surface area contributed by atoms with Crippen molar-refractivity contribution in [1.29, 1.82) is 0 Å². The van der Waals surface area contributed by atoms with Crippen LogP contribution < -0.4 is 5.73 Å². The maximum Gasteiger partial charge on any atom is 0.323 e. The number of nitrogens with two attached hydrogens (primary N) is 1. The Bertz CT molecular complexity index is 621. The topological polar surface area (TPSA) is 57.2 Å². The van der Waals surface area contributed by atoms with Gasteiger partial charge in [0.25, 0.3) is 0 Å². The minimum absolute atomic E-state index is 0.252. The van der Waals surface area contributed by atoms with Crippen molar-refractivity contribution < 1.29 is 13.9 Å². The van der Waals surface area contributed by atoms with Gasteiger partial charge in [0, 0.05) is 30.1 Å². The lowest BCUT2D eigenvalue weighted by Crippen LogP contribution is -2.36. The monoisotopic (exact) mass is 264 g/mol. The van der Waals surface area contributed by atoms with Gasteiger partial charge in [-0.2, -0.15) is 0 Å². The van der Waals surface area contributed by atoms with Crippen LogP contribution in [0.3, 0.4) is 0 Å². The van der Waals surface area contributed by atoms with Crippen LogP contribution >= 0.6 is 0 Å². The molecule has 2 atom stereocenters. The predicted octanol–water partition coefficient (Wildman–Crippen LogP) is 1.92. The molecule has 2 N–H and O–H groups in total. The van der Waals surface area contributed by atoms with E-state index in [0.717, 1.165) is 16.5 Å². The third-order valence-corrected chi connectivity index (χ3v) is 3.48. The summed E-state index contributed by atoms with van der Waals surface area (Å²) >= 11 is 0. The van der Waals surface area contributed by atoms with E-state index >= 15 is 0 Å². The van der Waals surface area contributed by atoms with Crippen LogP contribution in [-0.4, -0.2) is 23.7 Å². The zero-order valence-corrected chi connectivity index (χ0v) is 11.2. The standard InChI is InChI=1S/C14H17FN2O2/c1-8(13(16)14(18)19-3)11-7-17(2)12-5-4-9(15)6-10(11)12/h4-8,13H,16H2,1-3H3/t8-,13-/m1/s1. The van der Waals surface area contributed by atoms with Gasteiger partial charge < -0.3 is 15.0 Å². The number of halogens is 1. The van der Waals surface area contributed by atoms with Crippen LogP contribution in [0, 0.1) is 5.82 Å². The van der Waals surface area contributed by atoms with Crippen molar-refractivity contribution in [3.63, 3.8) is 0 Å². The van der Waals surface area contributed by atoms with E-state index in [2.05, 4.69) is 4.74 Å². The Morgan fingerprint density at radius 1 is 1.47 bits per heavy atom. The molecular weight excluding hydrogens is 247 g/mol. The highest BCUT2D eigenvalue weighted by Gasteiger charge is 2.25. The fourth-order valence-electron chi connectivity index (χ4n) is 2.29. The highest BCUT2D eigenvalue weighted by Crippen LogP contribution is 2.29. The number of hydrogen-bond acceptors (Lipinski definition) is 3. The summed E-state index contributed by atoms with van der Waals surface area (Å²) in [5, 5.41) is 0.773. The third kappa shape index (κ3) is 2.33. The molecule has 102 valence electrons. The number of benzene rings is 1. The lowest BCUT2D eigenvalue weighted by atomic mass is 9.93. The molecule has 1 aromatic heterocycles. The molecule has 2 aromatic rings. The molecule has 0 saturated heterocycles. The van der Waals surface area contributed by atoms with E-state index in [1.54, 1.807) is 6.07 Å². The molecule has 0 bridgehead atoms. The molecule has 2 rings (SSSR count). The van der Waals surface area contributed by atoms with Crippen molar-refractivity contribution in [2.24, 2.45) is 12.8 Å². The fourth-order valence-corrected chi connectivity index (χ4v) is 2.29. The van der Waals surface area contributed by atoms with Gasteiger partial charge in [-0.3, -0.25) is 4.79 Å². The summed E-state index contributed by atoms with van der Waals surface area (Å²) in [7, 11) is 3.18. The smallest absolute Gasteiger partial charge is 0.323 e. The van der Waals surface area contributed by atoms with Crippen molar-refractivity contribution in [2.45, 2.75) is 18.9 Å². The number of fused-ring (bicyclic) bond motifs is 1. The largest absolute Gasteiger partial charge is 0.468 e. The minimum Gasteiger partial charge on any atom is -0.468 e. The average molecular weight is 264 g/mol. The quantitative estimate of drug-likeness (QED) is 0.862. The maximum absolute atomic E-state index is 13.4. The number of carbonyl (C=O) groups excluding carboxylic acids is 1. The summed E-state index contributed by atoms with van der Waals surface area (Å²) in [6.07, 6.45) is 1.87. The summed E-state index contributed by atoms with van der Waals surface area (Å²) in [5.74, 6) is -1.03. The van der Waals surface area contributed by atoms with E-state index in [0.29, 0.717) is 0 Å². The number of carbonyl (C=O) groups is 1. The Morgan fingerprint density at radius 3 is 2.79 bits per heavy atom. The lowest BCUT2D eigenvalue weighted by Gasteiger charge is -2.17. The molecule has 0 aliphatic carbocycles. The minimum atomic E-state index is -0.765. The molecule has 4 nitrogen and oxygen atoms in total. The van der Waals surface area contributed by atoms with Crippen molar-refractivity contribution in [2.75, 3.05) is 7.11 Å². The van der Waals surface area contributed by atoms with Gasteiger partial charge in [-0.15, -0.1) is 0 Å². The normalized spacial score (nSPS) is 14.4. The van der Waals surface area contributed by atoms with Gasteiger partial charge in [0.1, 0.15) is 11.9 Å². The van der Waals surface area contributed by atoms with Crippen LogP contribution in [0.25, 0.3) is 10.9 Å². The first kappa shape index (κ1) is 13.5. The van der Waals surface area contributed by atoms with Crippen LogP contribution in [0.2, 0.25) is 0 Å². The third-order valence-electron chi connectivity index (χ3n) is 3.48. The van der Waals surface area contributed by atoms with Crippen LogP contribution in [-0.2, 0) is 16.6 Å². The predicted molar refractivity (Wildman–Crippen MR) is 71.3 cm³/mol. The van der Waals surface area contributed by atoms with Crippen LogP contribution in [0.4, 0.5) is 4.39 Å². The maximum atomic E-state index is 13.4. The molecule has 0 aliphatic heterocycles. The first-order valence-electron chi connectivity index (χ1n) is 6.03. The van der Waals surface area contributed by atoms with Gasteiger partial charge in [0.05, 0.1) is 7.11 Å². The zero-order valence-electron chi connectivity index (χ0n) is 11.2. The van der Waals surface area contributed by atoms with Crippen LogP contribution in [0.5, 0.6) is 0 Å². The number of methoxy groups -OCH3 is 1.